The van der Waals surface area contributed by atoms with E-state index in [1.165, 1.54) is 6.42 Å². The predicted molar refractivity (Wildman–Crippen MR) is 63.7 cm³/mol. The molecular weight excluding hydrogens is 206 g/mol. The highest BCUT2D eigenvalue weighted by atomic mass is 16.4. The summed E-state index contributed by atoms with van der Waals surface area (Å²) in [6.07, 6.45) is 1.85. The van der Waals surface area contributed by atoms with Crippen LogP contribution in [0.1, 0.15) is 12.8 Å². The molecule has 0 amide bonds. The molecule has 0 radical (unpaired) electrons. The summed E-state index contributed by atoms with van der Waals surface area (Å²) >= 11 is 0. The molecule has 16 heavy (non-hydrogen) atoms. The maximum absolute atomic E-state index is 10.8. The van der Waals surface area contributed by atoms with Gasteiger partial charge >= 0.3 is 5.97 Å². The lowest BCUT2D eigenvalue weighted by molar-refractivity contribution is -0.139. The van der Waals surface area contributed by atoms with Crippen LogP contribution in [-0.2, 0) is 4.79 Å². The Balaban J connectivity index is 2.28. The van der Waals surface area contributed by atoms with Crippen LogP contribution < -0.4 is 5.32 Å². The van der Waals surface area contributed by atoms with Crippen molar-refractivity contribution in [3.05, 3.63) is 0 Å². The molecule has 5 heteroatoms. The van der Waals surface area contributed by atoms with E-state index in [1.807, 2.05) is 0 Å². The van der Waals surface area contributed by atoms with E-state index in [0.29, 0.717) is 6.42 Å². The van der Waals surface area contributed by atoms with Crippen LogP contribution in [0.4, 0.5) is 0 Å². The average molecular weight is 229 g/mol. The van der Waals surface area contributed by atoms with Gasteiger partial charge in [0, 0.05) is 19.6 Å². The molecule has 2 N–H and O–H groups in total. The standard InChI is InChI=1S/C11H23N3O2/c1-12-10(11(15)16)4-7-14-6-3-5-13(2)8-9-14/h10,12H,3-9H2,1-2H3,(H,15,16). The molecule has 5 nitrogen and oxygen atoms in total. The highest BCUT2D eigenvalue weighted by molar-refractivity contribution is 5.73. The Morgan fingerprint density at radius 1 is 1.38 bits per heavy atom. The van der Waals surface area contributed by atoms with Crippen molar-refractivity contribution < 1.29 is 9.90 Å². The quantitative estimate of drug-likeness (QED) is 0.677. The van der Waals surface area contributed by atoms with Crippen LogP contribution in [0.15, 0.2) is 0 Å². The molecule has 1 heterocycles. The topological polar surface area (TPSA) is 55.8 Å². The average Bonchev–Trinajstić information content (AvgIpc) is 2.44. The van der Waals surface area contributed by atoms with Crippen molar-refractivity contribution in [3.63, 3.8) is 0 Å². The van der Waals surface area contributed by atoms with Crippen LogP contribution in [0.3, 0.4) is 0 Å². The maximum atomic E-state index is 10.8. The van der Waals surface area contributed by atoms with Crippen LogP contribution in [0.25, 0.3) is 0 Å². The van der Waals surface area contributed by atoms with Crippen molar-refractivity contribution in [2.24, 2.45) is 0 Å². The van der Waals surface area contributed by atoms with Crippen molar-refractivity contribution in [3.8, 4) is 0 Å². The minimum atomic E-state index is -0.755. The van der Waals surface area contributed by atoms with Gasteiger partial charge in [0.1, 0.15) is 6.04 Å². The second kappa shape index (κ2) is 6.83. The number of carboxylic acid groups (broad SMARTS) is 1. The third-order valence-electron chi connectivity index (χ3n) is 3.19. The van der Waals surface area contributed by atoms with Gasteiger partial charge < -0.3 is 20.2 Å². The fourth-order valence-corrected chi connectivity index (χ4v) is 2.03. The number of nitrogens with one attached hydrogen (secondary N) is 1. The summed E-state index contributed by atoms with van der Waals surface area (Å²) in [4.78, 5) is 15.5. The lowest BCUT2D eigenvalue weighted by atomic mass is 10.2. The first-order chi connectivity index (χ1) is 7.63. The Kier molecular flexibility index (Phi) is 5.73. The number of hydrogen-bond donors (Lipinski definition) is 2. The Morgan fingerprint density at radius 2 is 2.12 bits per heavy atom. The van der Waals surface area contributed by atoms with Crippen molar-refractivity contribution in [2.45, 2.75) is 18.9 Å². The van der Waals surface area contributed by atoms with Crippen molar-refractivity contribution in [1.82, 2.24) is 15.1 Å². The van der Waals surface area contributed by atoms with E-state index in [2.05, 4.69) is 22.2 Å². The summed E-state index contributed by atoms with van der Waals surface area (Å²) < 4.78 is 0. The summed E-state index contributed by atoms with van der Waals surface area (Å²) in [5, 5.41) is 11.7. The van der Waals surface area contributed by atoms with E-state index in [4.69, 9.17) is 5.11 Å². The molecule has 1 saturated heterocycles. The fourth-order valence-electron chi connectivity index (χ4n) is 2.03. The zero-order chi connectivity index (χ0) is 12.0. The molecule has 0 saturated carbocycles. The second-order valence-corrected chi connectivity index (χ2v) is 4.47. The van der Waals surface area contributed by atoms with Gasteiger partial charge in [-0.3, -0.25) is 4.79 Å². The highest BCUT2D eigenvalue weighted by Gasteiger charge is 2.17. The third kappa shape index (κ3) is 4.47. The number of rotatable bonds is 5. The summed E-state index contributed by atoms with van der Waals surface area (Å²) in [5.74, 6) is -0.755. The molecule has 0 bridgehead atoms. The minimum absolute atomic E-state index is 0.416. The lowest BCUT2D eigenvalue weighted by Gasteiger charge is -2.21. The number of likely N-dealkylation sites (N-methyl/N-ethyl adjacent to an activating group) is 2. The summed E-state index contributed by atoms with van der Waals surface area (Å²) in [7, 11) is 3.84. The van der Waals surface area contributed by atoms with E-state index in [0.717, 1.165) is 32.7 Å². The van der Waals surface area contributed by atoms with E-state index in [1.54, 1.807) is 7.05 Å². The molecule has 1 unspecified atom stereocenters. The Hall–Kier alpha value is -0.650. The smallest absolute Gasteiger partial charge is 0.320 e. The van der Waals surface area contributed by atoms with E-state index in [-0.39, 0.29) is 0 Å². The second-order valence-electron chi connectivity index (χ2n) is 4.47. The van der Waals surface area contributed by atoms with Gasteiger partial charge in [0.25, 0.3) is 0 Å². The number of hydrogen-bond acceptors (Lipinski definition) is 4. The van der Waals surface area contributed by atoms with Crippen LogP contribution in [-0.4, -0.2) is 73.7 Å². The van der Waals surface area contributed by atoms with Crippen LogP contribution in [0.2, 0.25) is 0 Å². The first-order valence-electron chi connectivity index (χ1n) is 5.94. The zero-order valence-electron chi connectivity index (χ0n) is 10.3. The summed E-state index contributed by atoms with van der Waals surface area (Å²) in [6, 6.07) is -0.416. The zero-order valence-corrected chi connectivity index (χ0v) is 10.3. The molecule has 94 valence electrons. The van der Waals surface area contributed by atoms with Crippen molar-refractivity contribution in [2.75, 3.05) is 46.8 Å². The van der Waals surface area contributed by atoms with Crippen molar-refractivity contribution in [1.29, 1.82) is 0 Å². The van der Waals surface area contributed by atoms with Gasteiger partial charge in [-0.25, -0.2) is 0 Å². The SMILES string of the molecule is CNC(CCN1CCCN(C)CC1)C(=O)O. The maximum Gasteiger partial charge on any atom is 0.320 e. The molecule has 0 aliphatic carbocycles. The van der Waals surface area contributed by atoms with E-state index < -0.39 is 12.0 Å². The predicted octanol–water partition coefficient (Wildman–Crippen LogP) is -0.313. The molecule has 0 spiro atoms. The molecule has 0 aromatic carbocycles. The van der Waals surface area contributed by atoms with Gasteiger partial charge in [-0.05, 0) is 40.0 Å². The van der Waals surface area contributed by atoms with Gasteiger partial charge in [0.15, 0.2) is 0 Å². The monoisotopic (exact) mass is 229 g/mol. The Bertz CT molecular complexity index is 223. The van der Waals surface area contributed by atoms with Gasteiger partial charge in [-0.1, -0.05) is 0 Å². The normalized spacial score (nSPS) is 21.6. The molecule has 1 atom stereocenters. The number of nitrogens with zero attached hydrogens (tertiary/aromatic N) is 2. The van der Waals surface area contributed by atoms with Crippen LogP contribution >= 0.6 is 0 Å². The van der Waals surface area contributed by atoms with Crippen LogP contribution in [0, 0.1) is 0 Å². The fraction of sp³-hybridized carbons (Fsp3) is 0.909. The first-order valence-corrected chi connectivity index (χ1v) is 5.94. The number of carboxylic acids is 1. The Morgan fingerprint density at radius 3 is 2.75 bits per heavy atom. The molecule has 0 aromatic heterocycles. The van der Waals surface area contributed by atoms with Gasteiger partial charge in [-0.15, -0.1) is 0 Å². The highest BCUT2D eigenvalue weighted by Crippen LogP contribution is 2.03. The molecular formula is C11H23N3O2. The number of carbonyl (C=O) groups is 1. The molecule has 1 aliphatic rings. The third-order valence-corrected chi connectivity index (χ3v) is 3.19. The Labute approximate surface area is 97.4 Å². The largest absolute Gasteiger partial charge is 0.480 e. The van der Waals surface area contributed by atoms with Gasteiger partial charge in [-0.2, -0.15) is 0 Å². The van der Waals surface area contributed by atoms with E-state index >= 15 is 0 Å². The minimum Gasteiger partial charge on any atom is -0.480 e. The molecule has 1 rings (SSSR count). The first kappa shape index (κ1) is 13.4. The molecule has 1 fully saturated rings. The van der Waals surface area contributed by atoms with Crippen LogP contribution in [0.5, 0.6) is 0 Å². The van der Waals surface area contributed by atoms with Crippen molar-refractivity contribution >= 4 is 5.97 Å². The molecule has 0 aromatic rings. The summed E-state index contributed by atoms with van der Waals surface area (Å²) in [5.41, 5.74) is 0. The van der Waals surface area contributed by atoms with E-state index in [9.17, 15) is 4.79 Å². The van der Waals surface area contributed by atoms with Gasteiger partial charge in [0.05, 0.1) is 0 Å². The summed E-state index contributed by atoms with van der Waals surface area (Å²) in [6.45, 7) is 5.22. The van der Waals surface area contributed by atoms with Gasteiger partial charge in [0.2, 0.25) is 0 Å². The molecule has 1 aliphatic heterocycles. The lowest BCUT2D eigenvalue weighted by Crippen LogP contribution is -2.38. The number of aliphatic carboxylic acids is 1.